The number of nitrogens with zero attached hydrogens (tertiary/aromatic N) is 1. The number of primary amides is 1. The number of anilines is 1. The first-order valence-corrected chi connectivity index (χ1v) is 8.01. The van der Waals surface area contributed by atoms with Crippen molar-refractivity contribution in [2.45, 2.75) is 10.9 Å². The van der Waals surface area contributed by atoms with Crippen LogP contribution in [0.25, 0.3) is 0 Å². The molecule has 0 aliphatic carbocycles. The molecule has 2 rings (SSSR count). The maximum Gasteiger partial charge on any atom is 0.245 e. The van der Waals surface area contributed by atoms with E-state index in [1.165, 1.54) is 18.2 Å². The van der Waals surface area contributed by atoms with Crippen LogP contribution in [0.2, 0.25) is 0 Å². The lowest BCUT2D eigenvalue weighted by Gasteiger charge is -2.32. The van der Waals surface area contributed by atoms with Crippen molar-refractivity contribution in [1.82, 2.24) is 4.31 Å². The third-order valence-electron chi connectivity index (χ3n) is 2.95. The number of nitrogens with two attached hydrogens (primary N) is 2. The molecule has 9 heteroatoms. The lowest BCUT2D eigenvalue weighted by atomic mass is 10.3. The molecular formula is C11H14BrN3O4S. The Morgan fingerprint density at radius 3 is 2.75 bits per heavy atom. The Hall–Kier alpha value is -1.16. The molecule has 20 heavy (non-hydrogen) atoms. The standard InChI is InChI=1S/C11H14BrN3O4S/c12-8-5-7(13)1-2-10(8)20(17,18)15-3-4-19-6-9(15)11(14)16/h1-2,5,9H,3-4,6,13H2,(H2,14,16). The molecule has 1 aromatic rings. The summed E-state index contributed by atoms with van der Waals surface area (Å²) >= 11 is 3.17. The van der Waals surface area contributed by atoms with E-state index in [-0.39, 0.29) is 24.7 Å². The number of ether oxygens (including phenoxy) is 1. The average molecular weight is 364 g/mol. The SMILES string of the molecule is NC(=O)C1COCCN1S(=O)(=O)c1ccc(N)cc1Br. The number of carbonyl (C=O) groups excluding carboxylic acids is 1. The van der Waals surface area contributed by atoms with Gasteiger partial charge in [0.05, 0.1) is 18.1 Å². The molecule has 1 fully saturated rings. The topological polar surface area (TPSA) is 116 Å². The van der Waals surface area contributed by atoms with Crippen LogP contribution in [0.4, 0.5) is 5.69 Å². The fraction of sp³-hybridized carbons (Fsp3) is 0.364. The van der Waals surface area contributed by atoms with Crippen LogP contribution in [-0.2, 0) is 19.6 Å². The zero-order valence-corrected chi connectivity index (χ0v) is 12.9. The Kier molecular flexibility index (Phi) is 4.33. The van der Waals surface area contributed by atoms with Gasteiger partial charge in [0.2, 0.25) is 15.9 Å². The van der Waals surface area contributed by atoms with Crippen LogP contribution in [0.5, 0.6) is 0 Å². The zero-order valence-electron chi connectivity index (χ0n) is 10.5. The molecule has 0 spiro atoms. The van der Waals surface area contributed by atoms with Gasteiger partial charge in [0.15, 0.2) is 0 Å². The summed E-state index contributed by atoms with van der Waals surface area (Å²) < 4.78 is 31.8. The molecule has 1 aliphatic heterocycles. The predicted molar refractivity (Wildman–Crippen MR) is 76.2 cm³/mol. The van der Waals surface area contributed by atoms with Crippen LogP contribution in [-0.4, -0.2) is 44.4 Å². The van der Waals surface area contributed by atoms with Crippen molar-refractivity contribution < 1.29 is 17.9 Å². The third kappa shape index (κ3) is 2.80. The van der Waals surface area contributed by atoms with Crippen LogP contribution in [0.1, 0.15) is 0 Å². The van der Waals surface area contributed by atoms with Gasteiger partial charge in [-0.3, -0.25) is 4.79 Å². The molecule has 1 unspecified atom stereocenters. The second kappa shape index (κ2) is 5.68. The highest BCUT2D eigenvalue weighted by atomic mass is 79.9. The number of sulfonamides is 1. The fourth-order valence-electron chi connectivity index (χ4n) is 1.95. The van der Waals surface area contributed by atoms with Gasteiger partial charge >= 0.3 is 0 Å². The summed E-state index contributed by atoms with van der Waals surface area (Å²) in [6.07, 6.45) is 0. The van der Waals surface area contributed by atoms with Crippen LogP contribution in [0.3, 0.4) is 0 Å². The number of benzene rings is 1. The molecular weight excluding hydrogens is 350 g/mol. The van der Waals surface area contributed by atoms with E-state index in [0.717, 1.165) is 4.31 Å². The van der Waals surface area contributed by atoms with Crippen molar-refractivity contribution in [3.05, 3.63) is 22.7 Å². The molecule has 1 atom stereocenters. The van der Waals surface area contributed by atoms with Gasteiger partial charge in [0, 0.05) is 16.7 Å². The maximum absolute atomic E-state index is 12.6. The molecule has 0 aromatic heterocycles. The van der Waals surface area contributed by atoms with Crippen LogP contribution in [0, 0.1) is 0 Å². The minimum absolute atomic E-state index is 0.0405. The van der Waals surface area contributed by atoms with Crippen molar-refractivity contribution in [2.75, 3.05) is 25.5 Å². The van der Waals surface area contributed by atoms with Crippen molar-refractivity contribution in [1.29, 1.82) is 0 Å². The minimum Gasteiger partial charge on any atom is -0.399 e. The van der Waals surface area contributed by atoms with Gasteiger partial charge in [-0.25, -0.2) is 8.42 Å². The zero-order chi connectivity index (χ0) is 14.9. The smallest absolute Gasteiger partial charge is 0.245 e. The molecule has 7 nitrogen and oxygen atoms in total. The third-order valence-corrected chi connectivity index (χ3v) is 5.84. The van der Waals surface area contributed by atoms with Crippen molar-refractivity contribution in [2.24, 2.45) is 5.73 Å². The first kappa shape index (κ1) is 15.2. The Morgan fingerprint density at radius 2 is 2.15 bits per heavy atom. The largest absolute Gasteiger partial charge is 0.399 e. The van der Waals surface area contributed by atoms with Gasteiger partial charge in [0.1, 0.15) is 6.04 Å². The quantitative estimate of drug-likeness (QED) is 0.727. The molecule has 1 aromatic carbocycles. The maximum atomic E-state index is 12.6. The van der Waals surface area contributed by atoms with Gasteiger partial charge in [-0.05, 0) is 34.1 Å². The Labute approximate surface area is 125 Å². The Bertz CT molecular complexity index is 635. The second-order valence-electron chi connectivity index (χ2n) is 4.30. The summed E-state index contributed by atoms with van der Waals surface area (Å²) in [5.41, 5.74) is 11.3. The van der Waals surface area contributed by atoms with Crippen molar-refractivity contribution in [3.63, 3.8) is 0 Å². The summed E-state index contributed by atoms with van der Waals surface area (Å²) in [5.74, 6) is -0.736. The predicted octanol–water partition coefficient (Wildman–Crippen LogP) is -0.0939. The number of amides is 1. The second-order valence-corrected chi connectivity index (χ2v) is 7.01. The van der Waals surface area contributed by atoms with E-state index in [1.807, 2.05) is 0 Å². The van der Waals surface area contributed by atoms with E-state index in [0.29, 0.717) is 10.2 Å². The van der Waals surface area contributed by atoms with Gasteiger partial charge in [-0.2, -0.15) is 4.31 Å². The molecule has 1 heterocycles. The summed E-state index contributed by atoms with van der Waals surface area (Å²) in [4.78, 5) is 11.4. The molecule has 0 bridgehead atoms. The van der Waals surface area contributed by atoms with Crippen LogP contribution in [0.15, 0.2) is 27.6 Å². The highest BCUT2D eigenvalue weighted by Crippen LogP contribution is 2.28. The number of rotatable bonds is 3. The number of halogens is 1. The van der Waals surface area contributed by atoms with E-state index in [9.17, 15) is 13.2 Å². The molecule has 1 amide bonds. The van der Waals surface area contributed by atoms with E-state index in [1.54, 1.807) is 0 Å². The fourth-order valence-corrected chi connectivity index (χ4v) is 4.58. The molecule has 0 saturated carbocycles. The summed E-state index contributed by atoms with van der Waals surface area (Å²) in [5, 5.41) is 0. The van der Waals surface area contributed by atoms with Crippen molar-refractivity contribution in [3.8, 4) is 0 Å². The van der Waals surface area contributed by atoms with Crippen LogP contribution >= 0.6 is 15.9 Å². The molecule has 0 radical (unpaired) electrons. The monoisotopic (exact) mass is 363 g/mol. The Morgan fingerprint density at radius 1 is 1.45 bits per heavy atom. The Balaban J connectivity index is 2.45. The van der Waals surface area contributed by atoms with Gasteiger partial charge < -0.3 is 16.2 Å². The molecule has 1 aliphatic rings. The highest BCUT2D eigenvalue weighted by Gasteiger charge is 2.38. The van der Waals surface area contributed by atoms with Gasteiger partial charge in [-0.15, -0.1) is 0 Å². The first-order valence-electron chi connectivity index (χ1n) is 5.78. The minimum atomic E-state index is -3.85. The average Bonchev–Trinajstić information content (AvgIpc) is 2.38. The molecule has 110 valence electrons. The van der Waals surface area contributed by atoms with E-state index in [2.05, 4.69) is 15.9 Å². The lowest BCUT2D eigenvalue weighted by molar-refractivity contribution is -0.125. The van der Waals surface area contributed by atoms with E-state index >= 15 is 0 Å². The van der Waals surface area contributed by atoms with E-state index in [4.69, 9.17) is 16.2 Å². The normalized spacial score (nSPS) is 20.8. The number of hydrogen-bond acceptors (Lipinski definition) is 5. The summed E-state index contributed by atoms with van der Waals surface area (Å²) in [6.45, 7) is 0.253. The number of hydrogen-bond donors (Lipinski definition) is 2. The number of morpholine rings is 1. The van der Waals surface area contributed by atoms with E-state index < -0.39 is 22.0 Å². The first-order chi connectivity index (χ1) is 9.34. The highest BCUT2D eigenvalue weighted by molar-refractivity contribution is 9.10. The van der Waals surface area contributed by atoms with Crippen molar-refractivity contribution >= 4 is 37.5 Å². The van der Waals surface area contributed by atoms with Crippen LogP contribution < -0.4 is 11.5 Å². The van der Waals surface area contributed by atoms with Gasteiger partial charge in [0.25, 0.3) is 0 Å². The number of nitrogen functional groups attached to an aromatic ring is 1. The summed E-state index contributed by atoms with van der Waals surface area (Å²) in [6, 6.07) is 3.37. The van der Waals surface area contributed by atoms with Gasteiger partial charge in [-0.1, -0.05) is 0 Å². The number of carbonyl (C=O) groups is 1. The molecule has 1 saturated heterocycles. The lowest BCUT2D eigenvalue weighted by Crippen LogP contribution is -2.54. The summed E-state index contributed by atoms with van der Waals surface area (Å²) in [7, 11) is -3.85. The molecule has 4 N–H and O–H groups in total.